The zero-order valence-corrected chi connectivity index (χ0v) is 9.38. The van der Waals surface area contributed by atoms with Crippen LogP contribution in [-0.2, 0) is 5.54 Å². The molecule has 0 aromatic heterocycles. The third-order valence-electron chi connectivity index (χ3n) is 2.84. The van der Waals surface area contributed by atoms with Crippen molar-refractivity contribution >= 4 is 11.5 Å². The SMILES string of the molecule is [NH-]c1ccc(F)c(C2(C(F)F)CNCC(N)=N2)c1. The van der Waals surface area contributed by atoms with Crippen LogP contribution in [-0.4, -0.2) is 25.4 Å². The van der Waals surface area contributed by atoms with E-state index in [9.17, 15) is 13.2 Å². The van der Waals surface area contributed by atoms with Gasteiger partial charge in [0.2, 0.25) is 0 Å². The third kappa shape index (κ3) is 2.01. The largest absolute Gasteiger partial charge is 0.699 e. The molecule has 18 heavy (non-hydrogen) atoms. The molecule has 98 valence electrons. The van der Waals surface area contributed by atoms with Gasteiger partial charge < -0.3 is 16.8 Å². The van der Waals surface area contributed by atoms with Gasteiger partial charge >= 0.3 is 0 Å². The average Bonchev–Trinajstić information content (AvgIpc) is 2.32. The van der Waals surface area contributed by atoms with Gasteiger partial charge in [-0.15, -0.1) is 5.69 Å². The zero-order chi connectivity index (χ0) is 13.3. The Balaban J connectivity index is 2.61. The summed E-state index contributed by atoms with van der Waals surface area (Å²) in [5.41, 5.74) is 10.5. The second-order valence-electron chi connectivity index (χ2n) is 4.13. The summed E-state index contributed by atoms with van der Waals surface area (Å²) in [5, 5.41) is 2.69. The Morgan fingerprint density at radius 2 is 2.17 bits per heavy atom. The lowest BCUT2D eigenvalue weighted by Gasteiger charge is -2.34. The van der Waals surface area contributed by atoms with E-state index < -0.39 is 17.8 Å². The van der Waals surface area contributed by atoms with Crippen molar-refractivity contribution < 1.29 is 13.2 Å². The minimum atomic E-state index is -2.92. The number of benzene rings is 1. The minimum Gasteiger partial charge on any atom is -0.699 e. The molecule has 1 atom stereocenters. The molecule has 0 amide bonds. The first-order valence-corrected chi connectivity index (χ1v) is 5.30. The number of amidine groups is 1. The van der Waals surface area contributed by atoms with Gasteiger partial charge in [-0.3, -0.25) is 4.99 Å². The molecule has 7 heteroatoms. The highest BCUT2D eigenvalue weighted by Crippen LogP contribution is 2.36. The number of nitrogens with one attached hydrogen (secondary N) is 2. The second kappa shape index (κ2) is 4.49. The molecule has 0 saturated heterocycles. The monoisotopic (exact) mass is 257 g/mol. The van der Waals surface area contributed by atoms with Gasteiger partial charge in [-0.25, -0.2) is 13.2 Å². The topological polar surface area (TPSA) is 74.2 Å². The predicted molar refractivity (Wildman–Crippen MR) is 62.6 cm³/mol. The summed E-state index contributed by atoms with van der Waals surface area (Å²) in [4.78, 5) is 3.74. The van der Waals surface area contributed by atoms with Gasteiger partial charge in [-0.2, -0.15) is 0 Å². The molecule has 0 saturated carbocycles. The van der Waals surface area contributed by atoms with Gasteiger partial charge in [0.1, 0.15) is 11.7 Å². The molecule has 4 nitrogen and oxygen atoms in total. The quantitative estimate of drug-likeness (QED) is 0.849. The van der Waals surface area contributed by atoms with Crippen LogP contribution in [0.4, 0.5) is 18.9 Å². The molecule has 1 aromatic rings. The van der Waals surface area contributed by atoms with Crippen LogP contribution in [0.15, 0.2) is 23.2 Å². The van der Waals surface area contributed by atoms with Crippen LogP contribution in [0.2, 0.25) is 0 Å². The highest BCUT2D eigenvalue weighted by molar-refractivity contribution is 5.83. The van der Waals surface area contributed by atoms with Crippen LogP contribution < -0.4 is 11.1 Å². The Kier molecular flexibility index (Phi) is 3.16. The van der Waals surface area contributed by atoms with Crippen molar-refractivity contribution in [3.63, 3.8) is 0 Å². The van der Waals surface area contributed by atoms with E-state index in [1.54, 1.807) is 0 Å². The molecule has 0 radical (unpaired) electrons. The summed E-state index contributed by atoms with van der Waals surface area (Å²) < 4.78 is 40.4. The molecule has 1 heterocycles. The summed E-state index contributed by atoms with van der Waals surface area (Å²) in [6.07, 6.45) is -2.92. The van der Waals surface area contributed by atoms with Crippen LogP contribution in [0.5, 0.6) is 0 Å². The summed E-state index contributed by atoms with van der Waals surface area (Å²) in [5.74, 6) is -0.817. The zero-order valence-electron chi connectivity index (χ0n) is 9.38. The number of nitrogens with zero attached hydrogens (tertiary/aromatic N) is 1. The molecular weight excluding hydrogens is 245 g/mol. The van der Waals surface area contributed by atoms with Gasteiger partial charge in [-0.1, -0.05) is 12.1 Å². The van der Waals surface area contributed by atoms with Gasteiger partial charge in [0, 0.05) is 12.1 Å². The molecular formula is C11H12F3N4-. The van der Waals surface area contributed by atoms with E-state index in [-0.39, 0.29) is 30.2 Å². The lowest BCUT2D eigenvalue weighted by atomic mass is 9.88. The Hall–Kier alpha value is -1.76. The Morgan fingerprint density at radius 1 is 1.44 bits per heavy atom. The van der Waals surface area contributed by atoms with E-state index in [1.807, 2.05) is 0 Å². The van der Waals surface area contributed by atoms with E-state index in [0.29, 0.717) is 0 Å². The molecule has 1 aliphatic rings. The summed E-state index contributed by atoms with van der Waals surface area (Å²) in [6, 6.07) is 3.24. The van der Waals surface area contributed by atoms with Crippen LogP contribution in [0.3, 0.4) is 0 Å². The van der Waals surface area contributed by atoms with Crippen molar-refractivity contribution in [3.05, 3.63) is 35.3 Å². The second-order valence-corrected chi connectivity index (χ2v) is 4.13. The molecule has 1 aromatic carbocycles. The molecule has 2 rings (SSSR count). The maximum Gasteiger partial charge on any atom is 0.268 e. The first-order valence-electron chi connectivity index (χ1n) is 5.30. The highest BCUT2D eigenvalue weighted by atomic mass is 19.3. The van der Waals surface area contributed by atoms with Crippen molar-refractivity contribution in [1.29, 1.82) is 0 Å². The number of rotatable bonds is 2. The normalized spacial score (nSPS) is 24.1. The van der Waals surface area contributed by atoms with Crippen molar-refractivity contribution in [2.45, 2.75) is 12.0 Å². The first-order chi connectivity index (χ1) is 8.45. The lowest BCUT2D eigenvalue weighted by molar-refractivity contribution is 0.0491. The fraction of sp³-hybridized carbons (Fsp3) is 0.364. The van der Waals surface area contributed by atoms with Crippen molar-refractivity contribution in [2.75, 3.05) is 13.1 Å². The summed E-state index contributed by atoms with van der Waals surface area (Å²) >= 11 is 0. The van der Waals surface area contributed by atoms with E-state index >= 15 is 0 Å². The summed E-state index contributed by atoms with van der Waals surface area (Å²) in [6.45, 7) is -0.0254. The Bertz CT molecular complexity index is 489. The van der Waals surface area contributed by atoms with Crippen LogP contribution in [0.25, 0.3) is 5.73 Å². The molecule has 1 unspecified atom stereocenters. The van der Waals surface area contributed by atoms with Crippen molar-refractivity contribution in [2.24, 2.45) is 10.7 Å². The minimum absolute atomic E-state index is 0.00339. The highest BCUT2D eigenvalue weighted by Gasteiger charge is 2.45. The fourth-order valence-corrected chi connectivity index (χ4v) is 1.97. The number of hydrogen-bond donors (Lipinski definition) is 2. The number of aliphatic imine (C=N–C) groups is 1. The van der Waals surface area contributed by atoms with Crippen LogP contribution >= 0.6 is 0 Å². The lowest BCUT2D eigenvalue weighted by Crippen LogP contribution is -2.51. The van der Waals surface area contributed by atoms with Gasteiger partial charge in [0.05, 0.1) is 6.54 Å². The standard InChI is InChI=1S/C11H12F3N4/c12-8-2-1-6(15)3-7(8)11(10(13)14)5-17-4-9(16)18-11/h1-3,10,15,17H,4-5H2,(H2,16,18)/q-1. The molecule has 1 aliphatic heterocycles. The molecule has 0 fully saturated rings. The van der Waals surface area contributed by atoms with E-state index in [0.717, 1.165) is 12.1 Å². The number of alkyl halides is 2. The van der Waals surface area contributed by atoms with Crippen molar-refractivity contribution in [1.82, 2.24) is 5.32 Å². The van der Waals surface area contributed by atoms with Gasteiger partial charge in [0.15, 0.2) is 5.54 Å². The molecule has 0 spiro atoms. The summed E-state index contributed by atoms with van der Waals surface area (Å²) in [7, 11) is 0. The Morgan fingerprint density at radius 3 is 2.78 bits per heavy atom. The Labute approximate surface area is 102 Å². The van der Waals surface area contributed by atoms with Gasteiger partial charge in [-0.05, 0) is 6.07 Å². The smallest absolute Gasteiger partial charge is 0.268 e. The van der Waals surface area contributed by atoms with Crippen molar-refractivity contribution in [3.8, 4) is 0 Å². The van der Waals surface area contributed by atoms with E-state index in [2.05, 4.69) is 10.3 Å². The van der Waals surface area contributed by atoms with E-state index in [1.165, 1.54) is 6.07 Å². The maximum atomic E-state index is 13.7. The number of nitrogens with two attached hydrogens (primary N) is 1. The fourth-order valence-electron chi connectivity index (χ4n) is 1.97. The maximum absolute atomic E-state index is 13.7. The van der Waals surface area contributed by atoms with Crippen LogP contribution in [0, 0.1) is 5.82 Å². The number of halogens is 3. The molecule has 4 N–H and O–H groups in total. The van der Waals surface area contributed by atoms with Gasteiger partial charge in [0.25, 0.3) is 6.43 Å². The predicted octanol–water partition coefficient (Wildman–Crippen LogP) is 1.93. The van der Waals surface area contributed by atoms with Crippen LogP contribution in [0.1, 0.15) is 5.56 Å². The third-order valence-corrected chi connectivity index (χ3v) is 2.84. The van der Waals surface area contributed by atoms with E-state index in [4.69, 9.17) is 11.5 Å². The average molecular weight is 257 g/mol. The molecule has 0 aliphatic carbocycles. The number of hydrogen-bond acceptors (Lipinski definition) is 3. The first kappa shape index (κ1) is 12.7. The molecule has 0 bridgehead atoms.